The molecule has 0 fully saturated rings. The van der Waals surface area contributed by atoms with Crippen molar-refractivity contribution in [2.24, 2.45) is 4.99 Å². The van der Waals surface area contributed by atoms with Gasteiger partial charge in [-0.3, -0.25) is 4.99 Å². The van der Waals surface area contributed by atoms with Gasteiger partial charge in [0, 0.05) is 45.5 Å². The Morgan fingerprint density at radius 3 is 2.80 bits per heavy atom. The van der Waals surface area contributed by atoms with Gasteiger partial charge < -0.3 is 24.7 Å². The second kappa shape index (κ2) is 8.67. The number of benzene rings is 1. The van der Waals surface area contributed by atoms with Crippen molar-refractivity contribution in [3.05, 3.63) is 47.2 Å². The summed E-state index contributed by atoms with van der Waals surface area (Å²) in [5.41, 5.74) is 1.02. The molecule has 1 aromatic heterocycles. The van der Waals surface area contributed by atoms with Crippen LogP contribution in [-0.2, 0) is 13.1 Å². The second-order valence-corrected chi connectivity index (χ2v) is 6.14. The zero-order chi connectivity index (χ0) is 17.5. The molecule has 0 bridgehead atoms. The molecule has 1 aromatic carbocycles. The molecule has 7 heteroatoms. The second-order valence-electron chi connectivity index (χ2n) is 5.73. The minimum Gasteiger partial charge on any atom is -0.489 e. The first kappa shape index (κ1) is 17.5. The molecule has 0 saturated carbocycles. The van der Waals surface area contributed by atoms with Crippen LogP contribution in [0, 0.1) is 0 Å². The molecule has 3 rings (SSSR count). The number of aromatic nitrogens is 1. The molecular formula is C18H23ClN4O2. The highest BCUT2D eigenvalue weighted by atomic mass is 35.5. The van der Waals surface area contributed by atoms with Gasteiger partial charge in [-0.05, 0) is 29.8 Å². The first-order valence-corrected chi connectivity index (χ1v) is 8.77. The third-order valence-electron chi connectivity index (χ3n) is 3.87. The van der Waals surface area contributed by atoms with Gasteiger partial charge in [-0.15, -0.1) is 0 Å². The van der Waals surface area contributed by atoms with E-state index in [0.717, 1.165) is 31.0 Å². The lowest BCUT2D eigenvalue weighted by atomic mass is 10.2. The summed E-state index contributed by atoms with van der Waals surface area (Å²) >= 11 is 6.33. The maximum atomic E-state index is 6.33. The number of ether oxygens (including phenoxy) is 2. The lowest BCUT2D eigenvalue weighted by Gasteiger charge is -2.14. The summed E-state index contributed by atoms with van der Waals surface area (Å²) in [6, 6.07) is 7.89. The number of aliphatic imine (C=N–C) groups is 1. The molecule has 0 amide bonds. The SMILES string of the molecule is CN=C(NCCn1cccc1)NCc1cc(Cl)c2c(c1)OCCCO2. The van der Waals surface area contributed by atoms with E-state index >= 15 is 0 Å². The number of nitrogens with one attached hydrogen (secondary N) is 2. The van der Waals surface area contributed by atoms with Crippen molar-refractivity contribution < 1.29 is 9.47 Å². The molecule has 0 unspecified atom stereocenters. The van der Waals surface area contributed by atoms with Crippen molar-refractivity contribution in [2.45, 2.75) is 19.5 Å². The summed E-state index contributed by atoms with van der Waals surface area (Å²) in [7, 11) is 1.76. The molecule has 0 spiro atoms. The van der Waals surface area contributed by atoms with Gasteiger partial charge in [-0.25, -0.2) is 0 Å². The highest BCUT2D eigenvalue weighted by Gasteiger charge is 2.15. The Morgan fingerprint density at radius 2 is 2.00 bits per heavy atom. The zero-order valence-electron chi connectivity index (χ0n) is 14.3. The van der Waals surface area contributed by atoms with E-state index in [-0.39, 0.29) is 0 Å². The van der Waals surface area contributed by atoms with Crippen LogP contribution in [0.5, 0.6) is 11.5 Å². The Balaban J connectivity index is 1.54. The molecule has 134 valence electrons. The summed E-state index contributed by atoms with van der Waals surface area (Å²) in [4.78, 5) is 4.24. The Hall–Kier alpha value is -2.34. The van der Waals surface area contributed by atoms with Crippen LogP contribution in [0.4, 0.5) is 0 Å². The van der Waals surface area contributed by atoms with Crippen LogP contribution >= 0.6 is 11.6 Å². The van der Waals surface area contributed by atoms with Crippen molar-refractivity contribution >= 4 is 17.6 Å². The van der Waals surface area contributed by atoms with E-state index in [0.29, 0.717) is 36.3 Å². The Kier molecular flexibility index (Phi) is 6.06. The van der Waals surface area contributed by atoms with Crippen LogP contribution in [-0.4, -0.2) is 37.3 Å². The van der Waals surface area contributed by atoms with Gasteiger partial charge in [0.2, 0.25) is 0 Å². The lowest BCUT2D eigenvalue weighted by Crippen LogP contribution is -2.38. The molecule has 1 aliphatic rings. The summed E-state index contributed by atoms with van der Waals surface area (Å²) in [6.07, 6.45) is 4.94. The molecule has 0 aliphatic carbocycles. The van der Waals surface area contributed by atoms with Crippen molar-refractivity contribution in [1.29, 1.82) is 0 Å². The van der Waals surface area contributed by atoms with Crippen LogP contribution < -0.4 is 20.1 Å². The fourth-order valence-electron chi connectivity index (χ4n) is 2.62. The van der Waals surface area contributed by atoms with E-state index in [9.17, 15) is 0 Å². The molecule has 0 atom stereocenters. The van der Waals surface area contributed by atoms with Gasteiger partial charge in [0.25, 0.3) is 0 Å². The van der Waals surface area contributed by atoms with Crippen LogP contribution in [0.3, 0.4) is 0 Å². The smallest absolute Gasteiger partial charge is 0.191 e. The number of guanidine groups is 1. The van der Waals surface area contributed by atoms with Crippen LogP contribution in [0.1, 0.15) is 12.0 Å². The highest BCUT2D eigenvalue weighted by Crippen LogP contribution is 2.37. The fraction of sp³-hybridized carbons (Fsp3) is 0.389. The molecule has 2 aromatic rings. The summed E-state index contributed by atoms with van der Waals surface area (Å²) in [6.45, 7) is 3.53. The standard InChI is InChI=1S/C18H23ClN4O2/c1-20-18(21-5-8-23-6-2-3-7-23)22-13-14-11-15(19)17-16(12-14)24-9-4-10-25-17/h2-3,6-7,11-12H,4-5,8-10,13H2,1H3,(H2,20,21,22). The number of hydrogen-bond donors (Lipinski definition) is 2. The number of halogens is 1. The predicted molar refractivity (Wildman–Crippen MR) is 99.7 cm³/mol. The minimum atomic E-state index is 0.576. The monoisotopic (exact) mass is 362 g/mol. The number of rotatable bonds is 5. The quantitative estimate of drug-likeness (QED) is 0.634. The van der Waals surface area contributed by atoms with Gasteiger partial charge in [-0.1, -0.05) is 11.6 Å². The van der Waals surface area contributed by atoms with Crippen LogP contribution in [0.2, 0.25) is 5.02 Å². The molecule has 1 aliphatic heterocycles. The van der Waals surface area contributed by atoms with E-state index in [1.807, 2.05) is 36.7 Å². The summed E-state index contributed by atoms with van der Waals surface area (Å²) in [5, 5.41) is 7.16. The fourth-order valence-corrected chi connectivity index (χ4v) is 2.90. The number of hydrogen-bond acceptors (Lipinski definition) is 3. The van der Waals surface area contributed by atoms with Crippen molar-refractivity contribution in [3.8, 4) is 11.5 Å². The molecule has 0 saturated heterocycles. The van der Waals surface area contributed by atoms with Gasteiger partial charge in [0.05, 0.1) is 18.2 Å². The van der Waals surface area contributed by atoms with Crippen molar-refractivity contribution in [1.82, 2.24) is 15.2 Å². The summed E-state index contributed by atoms with van der Waals surface area (Å²) < 4.78 is 13.5. The van der Waals surface area contributed by atoms with E-state index < -0.39 is 0 Å². The lowest BCUT2D eigenvalue weighted by molar-refractivity contribution is 0.297. The maximum Gasteiger partial charge on any atom is 0.191 e. The third kappa shape index (κ3) is 4.82. The van der Waals surface area contributed by atoms with E-state index in [1.54, 1.807) is 7.05 Å². The minimum absolute atomic E-state index is 0.576. The molecule has 6 nitrogen and oxygen atoms in total. The molecule has 2 N–H and O–H groups in total. The highest BCUT2D eigenvalue weighted by molar-refractivity contribution is 6.32. The average molecular weight is 363 g/mol. The summed E-state index contributed by atoms with van der Waals surface area (Å²) in [5.74, 6) is 2.09. The van der Waals surface area contributed by atoms with Gasteiger partial charge in [-0.2, -0.15) is 0 Å². The Labute approximate surface area is 152 Å². The third-order valence-corrected chi connectivity index (χ3v) is 4.15. The average Bonchev–Trinajstić information content (AvgIpc) is 3.01. The largest absolute Gasteiger partial charge is 0.489 e. The van der Waals surface area contributed by atoms with Gasteiger partial charge >= 0.3 is 0 Å². The molecule has 0 radical (unpaired) electrons. The Bertz CT molecular complexity index is 716. The van der Waals surface area contributed by atoms with E-state index in [1.165, 1.54) is 0 Å². The number of nitrogens with zero attached hydrogens (tertiary/aromatic N) is 2. The van der Waals surface area contributed by atoms with Crippen molar-refractivity contribution in [3.63, 3.8) is 0 Å². The topological polar surface area (TPSA) is 59.8 Å². The van der Waals surface area contributed by atoms with E-state index in [2.05, 4.69) is 20.2 Å². The Morgan fingerprint density at radius 1 is 1.20 bits per heavy atom. The van der Waals surface area contributed by atoms with Crippen LogP contribution in [0.15, 0.2) is 41.7 Å². The number of fused-ring (bicyclic) bond motifs is 1. The molecular weight excluding hydrogens is 340 g/mol. The first-order valence-electron chi connectivity index (χ1n) is 8.39. The van der Waals surface area contributed by atoms with Gasteiger partial charge in [0.15, 0.2) is 17.5 Å². The first-order chi connectivity index (χ1) is 12.3. The van der Waals surface area contributed by atoms with Crippen LogP contribution in [0.25, 0.3) is 0 Å². The molecule has 2 heterocycles. The zero-order valence-corrected chi connectivity index (χ0v) is 15.1. The molecule has 25 heavy (non-hydrogen) atoms. The van der Waals surface area contributed by atoms with Gasteiger partial charge in [0.1, 0.15) is 0 Å². The predicted octanol–water partition coefficient (Wildman–Crippen LogP) is 2.67. The van der Waals surface area contributed by atoms with Crippen molar-refractivity contribution in [2.75, 3.05) is 26.8 Å². The maximum absolute atomic E-state index is 6.33. The normalized spacial score (nSPS) is 14.1. The van der Waals surface area contributed by atoms with E-state index in [4.69, 9.17) is 21.1 Å².